The Morgan fingerprint density at radius 2 is 1.87 bits per heavy atom. The first-order chi connectivity index (χ1) is 11.3. The highest BCUT2D eigenvalue weighted by Gasteiger charge is 2.21. The minimum Gasteiger partial charge on any atom is -0.454 e. The number of hydrogen-bond donors (Lipinski definition) is 1. The van der Waals surface area contributed by atoms with Crippen LogP contribution in [-0.2, 0) is 0 Å². The lowest BCUT2D eigenvalue weighted by molar-refractivity contribution is 0.0958. The van der Waals surface area contributed by atoms with E-state index in [-0.39, 0.29) is 12.7 Å². The second kappa shape index (κ2) is 5.61. The van der Waals surface area contributed by atoms with Gasteiger partial charge in [-0.1, -0.05) is 0 Å². The van der Waals surface area contributed by atoms with Gasteiger partial charge in [0.05, 0.1) is 5.52 Å². The van der Waals surface area contributed by atoms with Gasteiger partial charge < -0.3 is 19.7 Å². The highest BCUT2D eigenvalue weighted by molar-refractivity contribution is 6.01. The Hall–Kier alpha value is -2.50. The number of hydrogen-bond acceptors (Lipinski definition) is 5. The summed E-state index contributed by atoms with van der Waals surface area (Å²) in [5, 5.41) is 3.66. The van der Waals surface area contributed by atoms with Gasteiger partial charge in [-0.25, -0.2) is 4.98 Å². The van der Waals surface area contributed by atoms with Gasteiger partial charge in [-0.3, -0.25) is 4.79 Å². The van der Waals surface area contributed by atoms with Gasteiger partial charge >= 0.3 is 0 Å². The number of fused-ring (bicyclic) bond motifs is 2. The minimum absolute atomic E-state index is 0.178. The molecule has 1 aromatic carbocycles. The normalized spacial score (nSPS) is 16.7. The molecule has 6 heteroatoms. The second-order valence-corrected chi connectivity index (χ2v) is 5.88. The molecule has 3 heterocycles. The van der Waals surface area contributed by atoms with Crippen molar-refractivity contribution in [1.82, 2.24) is 10.3 Å². The highest BCUT2D eigenvalue weighted by atomic mass is 16.7. The monoisotopic (exact) mass is 313 g/mol. The van der Waals surface area contributed by atoms with Crippen molar-refractivity contribution in [1.29, 1.82) is 0 Å². The minimum atomic E-state index is -0.178. The zero-order chi connectivity index (χ0) is 15.8. The van der Waals surface area contributed by atoms with Crippen molar-refractivity contribution in [3.8, 4) is 11.5 Å². The van der Waals surface area contributed by atoms with E-state index in [9.17, 15) is 4.79 Å². The summed E-state index contributed by atoms with van der Waals surface area (Å²) >= 11 is 0. The number of nitrogens with one attached hydrogen (secondary N) is 1. The molecule has 0 unspecified atom stereocenters. The average molecular weight is 313 g/mol. The fourth-order valence-electron chi connectivity index (χ4n) is 3.24. The van der Waals surface area contributed by atoms with Crippen LogP contribution >= 0.6 is 0 Å². The molecule has 23 heavy (non-hydrogen) atoms. The molecule has 0 radical (unpaired) electrons. The zero-order valence-electron chi connectivity index (χ0n) is 13.1. The topological polar surface area (TPSA) is 63.7 Å². The second-order valence-electron chi connectivity index (χ2n) is 5.88. The van der Waals surface area contributed by atoms with Crippen LogP contribution in [0.2, 0.25) is 0 Å². The Morgan fingerprint density at radius 3 is 2.61 bits per heavy atom. The van der Waals surface area contributed by atoms with E-state index in [1.165, 1.54) is 19.3 Å². The number of pyridine rings is 1. The Balaban J connectivity index is 1.91. The van der Waals surface area contributed by atoms with Crippen LogP contribution in [0.4, 0.5) is 5.69 Å². The van der Waals surface area contributed by atoms with E-state index in [1.54, 1.807) is 7.05 Å². The first kappa shape index (κ1) is 14.1. The Kier molecular flexibility index (Phi) is 3.44. The predicted molar refractivity (Wildman–Crippen MR) is 87.3 cm³/mol. The Bertz CT molecular complexity index is 769. The maximum absolute atomic E-state index is 12.1. The molecule has 1 aromatic heterocycles. The lowest BCUT2D eigenvalue weighted by Crippen LogP contribution is -2.30. The van der Waals surface area contributed by atoms with E-state index in [2.05, 4.69) is 15.2 Å². The predicted octanol–water partition coefficient (Wildman–Crippen LogP) is 2.31. The lowest BCUT2D eigenvalue weighted by atomic mass is 10.1. The van der Waals surface area contributed by atoms with Gasteiger partial charge in [-0.2, -0.15) is 0 Å². The maximum atomic E-state index is 12.1. The number of carbonyl (C=O) groups is 1. The molecule has 1 N–H and O–H groups in total. The Labute approximate surface area is 134 Å². The number of benzene rings is 1. The largest absolute Gasteiger partial charge is 0.454 e. The van der Waals surface area contributed by atoms with Gasteiger partial charge in [0, 0.05) is 37.3 Å². The van der Waals surface area contributed by atoms with E-state index < -0.39 is 0 Å². The van der Waals surface area contributed by atoms with Gasteiger partial charge in [0.2, 0.25) is 6.79 Å². The molecule has 1 fully saturated rings. The van der Waals surface area contributed by atoms with Gasteiger partial charge in [0.1, 0.15) is 5.69 Å². The number of aromatic nitrogens is 1. The number of rotatable bonds is 2. The molecule has 2 aliphatic rings. The van der Waals surface area contributed by atoms with Gasteiger partial charge in [0.25, 0.3) is 5.91 Å². The van der Waals surface area contributed by atoms with Crippen molar-refractivity contribution >= 4 is 22.5 Å². The van der Waals surface area contributed by atoms with E-state index in [0.29, 0.717) is 11.4 Å². The molecule has 0 bridgehead atoms. The van der Waals surface area contributed by atoms with Crippen molar-refractivity contribution in [3.63, 3.8) is 0 Å². The number of carbonyl (C=O) groups excluding carboxylic acids is 1. The molecule has 0 atom stereocenters. The quantitative estimate of drug-likeness (QED) is 0.922. The smallest absolute Gasteiger partial charge is 0.269 e. The number of anilines is 1. The molecule has 0 spiro atoms. The molecule has 0 saturated carbocycles. The van der Waals surface area contributed by atoms with Crippen LogP contribution in [0.1, 0.15) is 29.8 Å². The summed E-state index contributed by atoms with van der Waals surface area (Å²) in [5.41, 5.74) is 2.24. The summed E-state index contributed by atoms with van der Waals surface area (Å²) in [4.78, 5) is 18.9. The van der Waals surface area contributed by atoms with Crippen molar-refractivity contribution in [2.75, 3.05) is 31.8 Å². The fraction of sp³-hybridized carbons (Fsp3) is 0.412. The van der Waals surface area contributed by atoms with Gasteiger partial charge in [-0.15, -0.1) is 0 Å². The molecule has 6 nitrogen and oxygen atoms in total. The number of nitrogens with zero attached hydrogens (tertiary/aromatic N) is 2. The van der Waals surface area contributed by atoms with Crippen LogP contribution < -0.4 is 19.7 Å². The Morgan fingerprint density at radius 1 is 1.13 bits per heavy atom. The van der Waals surface area contributed by atoms with E-state index in [4.69, 9.17) is 9.47 Å². The van der Waals surface area contributed by atoms with Crippen LogP contribution in [0.5, 0.6) is 11.5 Å². The van der Waals surface area contributed by atoms with Crippen LogP contribution in [0.15, 0.2) is 18.2 Å². The number of amides is 1. The van der Waals surface area contributed by atoms with E-state index in [0.717, 1.165) is 35.4 Å². The number of ether oxygens (including phenoxy) is 2. The molecule has 120 valence electrons. The van der Waals surface area contributed by atoms with Crippen molar-refractivity contribution in [2.45, 2.75) is 19.3 Å². The molecule has 0 aliphatic carbocycles. The van der Waals surface area contributed by atoms with Crippen molar-refractivity contribution in [3.05, 3.63) is 23.9 Å². The summed E-state index contributed by atoms with van der Waals surface area (Å²) in [7, 11) is 1.62. The highest BCUT2D eigenvalue weighted by Crippen LogP contribution is 2.39. The molecule has 1 amide bonds. The van der Waals surface area contributed by atoms with Crippen molar-refractivity contribution < 1.29 is 14.3 Å². The molecule has 2 aromatic rings. The van der Waals surface area contributed by atoms with Crippen LogP contribution in [0, 0.1) is 0 Å². The first-order valence-electron chi connectivity index (χ1n) is 7.98. The summed E-state index contributed by atoms with van der Waals surface area (Å²) in [6, 6.07) is 5.72. The number of piperidine rings is 1. The standard InChI is InChI=1S/C17H19N3O3/c1-18-17(21)13-8-14(20-5-3-2-4-6-20)11-7-15-16(23-10-22-15)9-12(11)19-13/h7-9H,2-6,10H2,1H3,(H,18,21). The van der Waals surface area contributed by atoms with E-state index >= 15 is 0 Å². The third-order valence-corrected chi connectivity index (χ3v) is 4.44. The van der Waals surface area contributed by atoms with Gasteiger partial charge in [-0.05, 0) is 31.4 Å². The van der Waals surface area contributed by atoms with Crippen molar-refractivity contribution in [2.24, 2.45) is 0 Å². The molecule has 4 rings (SSSR count). The van der Waals surface area contributed by atoms with E-state index in [1.807, 2.05) is 18.2 Å². The lowest BCUT2D eigenvalue weighted by Gasteiger charge is -2.30. The summed E-state index contributed by atoms with van der Waals surface area (Å²) in [6.07, 6.45) is 3.60. The summed E-state index contributed by atoms with van der Waals surface area (Å²) in [5.74, 6) is 1.25. The first-order valence-corrected chi connectivity index (χ1v) is 7.98. The SMILES string of the molecule is CNC(=O)c1cc(N2CCCCC2)c2cc3c(cc2n1)OCO3. The molecular weight excluding hydrogens is 294 g/mol. The van der Waals surface area contributed by atoms with Crippen LogP contribution in [0.3, 0.4) is 0 Å². The maximum Gasteiger partial charge on any atom is 0.269 e. The summed E-state index contributed by atoms with van der Waals surface area (Å²) < 4.78 is 10.9. The van der Waals surface area contributed by atoms with Gasteiger partial charge in [0.15, 0.2) is 11.5 Å². The molecular formula is C17H19N3O3. The third-order valence-electron chi connectivity index (χ3n) is 4.44. The van der Waals surface area contributed by atoms with Crippen LogP contribution in [-0.4, -0.2) is 37.8 Å². The third kappa shape index (κ3) is 2.44. The van der Waals surface area contributed by atoms with Crippen LogP contribution in [0.25, 0.3) is 10.9 Å². The molecule has 2 aliphatic heterocycles. The summed E-state index contributed by atoms with van der Waals surface area (Å²) in [6.45, 7) is 2.23. The molecule has 1 saturated heterocycles. The fourth-order valence-corrected chi connectivity index (χ4v) is 3.24. The average Bonchev–Trinajstić information content (AvgIpc) is 3.06. The zero-order valence-corrected chi connectivity index (χ0v) is 13.1.